The number of fused-ring (bicyclic) bond motifs is 1. The molecule has 4 nitrogen and oxygen atoms in total. The highest BCUT2D eigenvalue weighted by molar-refractivity contribution is 7.17. The first kappa shape index (κ1) is 17.6. The fraction of sp³-hybridized carbons (Fsp3) is 0.368. The van der Waals surface area contributed by atoms with Crippen molar-refractivity contribution in [1.82, 2.24) is 0 Å². The van der Waals surface area contributed by atoms with E-state index in [-0.39, 0.29) is 12.5 Å². The quantitative estimate of drug-likeness (QED) is 0.819. The molecule has 1 aliphatic rings. The molecule has 0 saturated carbocycles. The molecule has 0 radical (unpaired) electrons. The highest BCUT2D eigenvalue weighted by Crippen LogP contribution is 2.40. The highest BCUT2D eigenvalue weighted by atomic mass is 32.1. The average molecular weight is 361 g/mol. The molecule has 1 aromatic heterocycles. The number of carbonyl (C=O) groups excluding carboxylic acids is 2. The Kier molecular flexibility index (Phi) is 5.18. The van der Waals surface area contributed by atoms with Gasteiger partial charge in [0.25, 0.3) is 5.91 Å². The van der Waals surface area contributed by atoms with Gasteiger partial charge in [-0.15, -0.1) is 11.3 Å². The van der Waals surface area contributed by atoms with E-state index in [4.69, 9.17) is 4.74 Å². The number of carbonyl (C=O) groups is 2. The summed E-state index contributed by atoms with van der Waals surface area (Å²) < 4.78 is 18.2. The van der Waals surface area contributed by atoms with E-state index in [1.165, 1.54) is 35.6 Å². The summed E-state index contributed by atoms with van der Waals surface area (Å²) in [5, 5.41) is 3.33. The third-order valence-corrected chi connectivity index (χ3v) is 5.49. The SMILES string of the molecule is CCOC(=O)c1c(NC(=O)c2ccc(F)cc2)sc2c1CCC(C)C2. The highest BCUT2D eigenvalue weighted by Gasteiger charge is 2.29. The van der Waals surface area contributed by atoms with Crippen LogP contribution in [0.3, 0.4) is 0 Å². The number of rotatable bonds is 4. The van der Waals surface area contributed by atoms with E-state index >= 15 is 0 Å². The molecular weight excluding hydrogens is 341 g/mol. The minimum atomic E-state index is -0.399. The normalized spacial score (nSPS) is 16.2. The number of ether oxygens (including phenoxy) is 1. The van der Waals surface area contributed by atoms with E-state index in [1.54, 1.807) is 6.92 Å². The number of hydrogen-bond donors (Lipinski definition) is 1. The molecule has 0 saturated heterocycles. The monoisotopic (exact) mass is 361 g/mol. The summed E-state index contributed by atoms with van der Waals surface area (Å²) in [6.07, 6.45) is 2.73. The number of halogens is 1. The molecule has 1 aliphatic carbocycles. The summed E-state index contributed by atoms with van der Waals surface area (Å²) in [5.41, 5.74) is 1.82. The van der Waals surface area contributed by atoms with Crippen molar-refractivity contribution >= 4 is 28.2 Å². The Morgan fingerprint density at radius 3 is 2.72 bits per heavy atom. The van der Waals surface area contributed by atoms with Crippen LogP contribution in [-0.2, 0) is 17.6 Å². The Labute approximate surface area is 150 Å². The Balaban J connectivity index is 1.93. The van der Waals surface area contributed by atoms with E-state index in [1.807, 2.05) is 0 Å². The molecule has 1 unspecified atom stereocenters. The predicted molar refractivity (Wildman–Crippen MR) is 95.8 cm³/mol. The molecule has 0 aliphatic heterocycles. The van der Waals surface area contributed by atoms with Gasteiger partial charge in [0.2, 0.25) is 0 Å². The summed E-state index contributed by atoms with van der Waals surface area (Å²) in [7, 11) is 0. The van der Waals surface area contributed by atoms with E-state index in [2.05, 4.69) is 12.2 Å². The van der Waals surface area contributed by atoms with Crippen LogP contribution >= 0.6 is 11.3 Å². The van der Waals surface area contributed by atoms with Gasteiger partial charge in [-0.25, -0.2) is 9.18 Å². The molecule has 25 heavy (non-hydrogen) atoms. The molecule has 0 fully saturated rings. The van der Waals surface area contributed by atoms with E-state index in [0.29, 0.717) is 22.0 Å². The maximum absolute atomic E-state index is 13.0. The molecule has 1 N–H and O–H groups in total. The lowest BCUT2D eigenvalue weighted by Gasteiger charge is -2.18. The second-order valence-corrected chi connectivity index (χ2v) is 7.34. The molecule has 1 atom stereocenters. The summed E-state index contributed by atoms with van der Waals surface area (Å²) in [6, 6.07) is 5.32. The lowest BCUT2D eigenvalue weighted by atomic mass is 9.88. The van der Waals surface area contributed by atoms with Gasteiger partial charge in [0.15, 0.2) is 0 Å². The number of benzene rings is 1. The van der Waals surface area contributed by atoms with Gasteiger partial charge in [-0.05, 0) is 61.9 Å². The van der Waals surface area contributed by atoms with Crippen molar-refractivity contribution in [3.8, 4) is 0 Å². The first-order valence-corrected chi connectivity index (χ1v) is 9.19. The molecule has 6 heteroatoms. The van der Waals surface area contributed by atoms with Gasteiger partial charge in [-0.2, -0.15) is 0 Å². The van der Waals surface area contributed by atoms with Crippen molar-refractivity contribution in [3.63, 3.8) is 0 Å². The van der Waals surface area contributed by atoms with Gasteiger partial charge >= 0.3 is 5.97 Å². The summed E-state index contributed by atoms with van der Waals surface area (Å²) in [4.78, 5) is 26.0. The minimum absolute atomic E-state index is 0.283. The number of thiophene rings is 1. The largest absolute Gasteiger partial charge is 0.462 e. The number of esters is 1. The minimum Gasteiger partial charge on any atom is -0.462 e. The van der Waals surface area contributed by atoms with Gasteiger partial charge in [-0.1, -0.05) is 6.92 Å². The number of anilines is 1. The van der Waals surface area contributed by atoms with Gasteiger partial charge in [-0.3, -0.25) is 4.79 Å². The van der Waals surface area contributed by atoms with E-state index in [9.17, 15) is 14.0 Å². The zero-order chi connectivity index (χ0) is 18.0. The van der Waals surface area contributed by atoms with Gasteiger partial charge in [0.1, 0.15) is 10.8 Å². The van der Waals surface area contributed by atoms with E-state index in [0.717, 1.165) is 29.7 Å². The van der Waals surface area contributed by atoms with Crippen molar-refractivity contribution in [2.45, 2.75) is 33.1 Å². The Morgan fingerprint density at radius 2 is 2.04 bits per heavy atom. The van der Waals surface area contributed by atoms with Crippen LogP contribution in [-0.4, -0.2) is 18.5 Å². The van der Waals surface area contributed by atoms with Crippen molar-refractivity contribution < 1.29 is 18.7 Å². The van der Waals surface area contributed by atoms with Crippen LogP contribution in [0.15, 0.2) is 24.3 Å². The molecule has 0 bridgehead atoms. The van der Waals surface area contributed by atoms with Crippen LogP contribution in [0.4, 0.5) is 9.39 Å². The van der Waals surface area contributed by atoms with Gasteiger partial charge < -0.3 is 10.1 Å². The molecule has 132 valence electrons. The molecule has 0 spiro atoms. The van der Waals surface area contributed by atoms with Crippen molar-refractivity contribution in [2.24, 2.45) is 5.92 Å². The molecule has 1 aromatic carbocycles. The maximum Gasteiger partial charge on any atom is 0.341 e. The molecule has 1 heterocycles. The van der Waals surface area contributed by atoms with Gasteiger partial charge in [0.05, 0.1) is 12.2 Å². The lowest BCUT2D eigenvalue weighted by molar-refractivity contribution is 0.0526. The average Bonchev–Trinajstić information content (AvgIpc) is 2.92. The number of hydrogen-bond acceptors (Lipinski definition) is 4. The topological polar surface area (TPSA) is 55.4 Å². The Bertz CT molecular complexity index is 798. The molecule has 2 aromatic rings. The first-order chi connectivity index (χ1) is 12.0. The predicted octanol–water partition coefficient (Wildman–Crippen LogP) is 4.44. The summed E-state index contributed by atoms with van der Waals surface area (Å²) in [6.45, 7) is 4.23. The van der Waals surface area contributed by atoms with Crippen molar-refractivity contribution in [1.29, 1.82) is 0 Å². The lowest BCUT2D eigenvalue weighted by Crippen LogP contribution is -2.16. The zero-order valence-corrected chi connectivity index (χ0v) is 15.0. The smallest absolute Gasteiger partial charge is 0.341 e. The van der Waals surface area contributed by atoms with Crippen LogP contribution in [0, 0.1) is 11.7 Å². The van der Waals surface area contributed by atoms with E-state index < -0.39 is 11.8 Å². The molecule has 1 amide bonds. The maximum atomic E-state index is 13.0. The van der Waals surface area contributed by atoms with Crippen LogP contribution in [0.1, 0.15) is 51.4 Å². The van der Waals surface area contributed by atoms with Crippen LogP contribution in [0.25, 0.3) is 0 Å². The third-order valence-electron chi connectivity index (χ3n) is 4.32. The fourth-order valence-electron chi connectivity index (χ4n) is 3.03. The second-order valence-electron chi connectivity index (χ2n) is 6.24. The second kappa shape index (κ2) is 7.35. The van der Waals surface area contributed by atoms with Crippen molar-refractivity contribution in [2.75, 3.05) is 11.9 Å². The van der Waals surface area contributed by atoms with Crippen LogP contribution in [0.5, 0.6) is 0 Å². The Morgan fingerprint density at radius 1 is 1.32 bits per heavy atom. The molecular formula is C19H20FNO3S. The Hall–Kier alpha value is -2.21. The summed E-state index contributed by atoms with van der Waals surface area (Å²) in [5.74, 6) is -0.604. The summed E-state index contributed by atoms with van der Waals surface area (Å²) >= 11 is 1.44. The van der Waals surface area contributed by atoms with Gasteiger partial charge in [0, 0.05) is 10.4 Å². The third kappa shape index (κ3) is 3.74. The number of nitrogens with one attached hydrogen (secondary N) is 1. The van der Waals surface area contributed by atoms with Crippen LogP contribution < -0.4 is 5.32 Å². The molecule has 3 rings (SSSR count). The number of amides is 1. The zero-order valence-electron chi connectivity index (χ0n) is 14.2. The van der Waals surface area contributed by atoms with Crippen molar-refractivity contribution in [3.05, 3.63) is 51.7 Å². The first-order valence-electron chi connectivity index (χ1n) is 8.38. The standard InChI is InChI=1S/C19H20FNO3S/c1-3-24-19(23)16-14-9-4-11(2)10-15(14)25-18(16)21-17(22)12-5-7-13(20)8-6-12/h5-8,11H,3-4,9-10H2,1-2H3,(H,21,22). The fourth-order valence-corrected chi connectivity index (χ4v) is 4.43. The van der Waals surface area contributed by atoms with Crippen LogP contribution in [0.2, 0.25) is 0 Å².